The first-order chi connectivity index (χ1) is 5.25. The van der Waals surface area contributed by atoms with E-state index >= 15 is 0 Å². The molecule has 11 heavy (non-hydrogen) atoms. The normalized spacial score (nSPS) is 8.64. The second-order valence-electron chi connectivity index (χ2n) is 2.58. The van der Waals surface area contributed by atoms with Crippen LogP contribution in [0.15, 0.2) is 18.2 Å². The zero-order valence-corrected chi connectivity index (χ0v) is 7.18. The van der Waals surface area contributed by atoms with E-state index in [0.29, 0.717) is 0 Å². The largest absolute Gasteiger partial charge is 0.345 e. The Morgan fingerprint density at radius 3 is 2.18 bits per heavy atom. The fourth-order valence-electron chi connectivity index (χ4n) is 1.09. The summed E-state index contributed by atoms with van der Waals surface area (Å²) in [5, 5.41) is 0. The molecule has 0 heterocycles. The maximum atomic E-state index is 4.16. The topological polar surface area (TPSA) is 4.36 Å². The van der Waals surface area contributed by atoms with E-state index in [1.165, 1.54) is 11.1 Å². The molecule has 0 amide bonds. The summed E-state index contributed by atoms with van der Waals surface area (Å²) in [6.45, 7) is 5.93. The van der Waals surface area contributed by atoms with Gasteiger partial charge in [0.25, 0.3) is 6.07 Å². The first-order valence-electron chi connectivity index (χ1n) is 3.69. The number of nitrogens with zero attached hydrogens (tertiary/aromatic N) is 1. The average molecular weight is 146 g/mol. The first kappa shape index (κ1) is 7.81. The van der Waals surface area contributed by atoms with Crippen LogP contribution in [-0.4, -0.2) is 0 Å². The molecule has 1 aromatic carbocycles. The quantitative estimate of drug-likeness (QED) is 0.529. The van der Waals surface area contributed by atoms with Crippen LogP contribution in [0, 0.1) is 19.9 Å². The van der Waals surface area contributed by atoms with Gasteiger partial charge in [0.1, 0.15) is 0 Å². The highest BCUT2D eigenvalue weighted by Crippen LogP contribution is 2.22. The van der Waals surface area contributed by atoms with Gasteiger partial charge in [0.15, 0.2) is 0 Å². The van der Waals surface area contributed by atoms with E-state index in [9.17, 15) is 0 Å². The van der Waals surface area contributed by atoms with Crippen molar-refractivity contribution in [2.24, 2.45) is 0 Å². The third-order valence-electron chi connectivity index (χ3n) is 1.66. The van der Waals surface area contributed by atoms with Gasteiger partial charge in [-0.3, -0.25) is 0 Å². The van der Waals surface area contributed by atoms with Gasteiger partial charge >= 0.3 is 5.69 Å². The van der Waals surface area contributed by atoms with E-state index in [-0.39, 0.29) is 0 Å². The molecule has 0 spiro atoms. The Balaban J connectivity index is 3.28. The van der Waals surface area contributed by atoms with Crippen LogP contribution in [0.5, 0.6) is 0 Å². The molecule has 0 unspecified atom stereocenters. The van der Waals surface area contributed by atoms with Crippen LogP contribution in [0.25, 0.3) is 4.85 Å². The molecular formula is C10H12N+. The van der Waals surface area contributed by atoms with Crippen molar-refractivity contribution >= 4 is 5.69 Å². The van der Waals surface area contributed by atoms with E-state index in [2.05, 4.69) is 36.9 Å². The smallest absolute Gasteiger partial charge is 0.0612 e. The lowest BCUT2D eigenvalue weighted by atomic mass is 10.1. The van der Waals surface area contributed by atoms with Gasteiger partial charge in [-0.15, -0.1) is 0 Å². The van der Waals surface area contributed by atoms with Gasteiger partial charge in [-0.05, 0) is 18.7 Å². The van der Waals surface area contributed by atoms with Crippen LogP contribution in [0.3, 0.4) is 0 Å². The van der Waals surface area contributed by atoms with Gasteiger partial charge < -0.3 is 0 Å². The van der Waals surface area contributed by atoms with Gasteiger partial charge in [-0.2, -0.15) is 0 Å². The van der Waals surface area contributed by atoms with Crippen molar-refractivity contribution in [2.75, 3.05) is 0 Å². The Morgan fingerprint density at radius 1 is 1.18 bits per heavy atom. The molecule has 0 aromatic heterocycles. The minimum atomic E-state index is 1.05. The standard InChI is InChI=1S/C10H12N/c1-4-11-10-8(2)6-5-7-9(10)3/h5-7H,1-3H3/q+1. The summed E-state index contributed by atoms with van der Waals surface area (Å²) >= 11 is 0. The number of rotatable bonds is 0. The Labute approximate surface area is 67.5 Å². The predicted octanol–water partition coefficient (Wildman–Crippen LogP) is 3.29. The molecule has 0 atom stereocenters. The second kappa shape index (κ2) is 3.21. The van der Waals surface area contributed by atoms with Crippen LogP contribution in [0.2, 0.25) is 0 Å². The van der Waals surface area contributed by atoms with Crippen molar-refractivity contribution in [3.63, 3.8) is 0 Å². The Bertz CT molecular complexity index is 295. The summed E-state index contributed by atoms with van der Waals surface area (Å²) in [5.74, 6) is 0. The van der Waals surface area contributed by atoms with E-state index < -0.39 is 0 Å². The van der Waals surface area contributed by atoms with Gasteiger partial charge in [-0.1, -0.05) is 18.2 Å². The zero-order valence-electron chi connectivity index (χ0n) is 7.18. The van der Waals surface area contributed by atoms with Gasteiger partial charge in [-0.25, -0.2) is 0 Å². The first-order valence-corrected chi connectivity index (χ1v) is 3.69. The fourth-order valence-corrected chi connectivity index (χ4v) is 1.09. The van der Waals surface area contributed by atoms with Crippen LogP contribution >= 0.6 is 0 Å². The molecule has 1 rings (SSSR count). The minimum absolute atomic E-state index is 1.05. The SMILES string of the molecule is CC#[N+]c1c(C)cccc1C. The summed E-state index contributed by atoms with van der Waals surface area (Å²) in [4.78, 5) is 4.16. The van der Waals surface area contributed by atoms with Gasteiger partial charge in [0.2, 0.25) is 0 Å². The minimum Gasteiger partial charge on any atom is -0.0612 e. The summed E-state index contributed by atoms with van der Waals surface area (Å²) in [6.07, 6.45) is 0. The molecule has 1 heteroatoms. The molecule has 0 bridgehead atoms. The van der Waals surface area contributed by atoms with Crippen molar-refractivity contribution < 1.29 is 0 Å². The zero-order chi connectivity index (χ0) is 8.27. The molecule has 0 aliphatic heterocycles. The molecule has 0 fully saturated rings. The van der Waals surface area contributed by atoms with E-state index in [4.69, 9.17) is 0 Å². The summed E-state index contributed by atoms with van der Waals surface area (Å²) in [7, 11) is 0. The summed E-state index contributed by atoms with van der Waals surface area (Å²) < 4.78 is 0. The number of para-hydroxylation sites is 1. The van der Waals surface area contributed by atoms with Crippen LogP contribution in [-0.2, 0) is 0 Å². The maximum absolute atomic E-state index is 4.16. The fraction of sp³-hybridized carbons (Fsp3) is 0.300. The third kappa shape index (κ3) is 1.59. The second-order valence-corrected chi connectivity index (χ2v) is 2.58. The molecule has 0 radical (unpaired) electrons. The summed E-state index contributed by atoms with van der Waals surface area (Å²) in [5.41, 5.74) is 3.47. The lowest BCUT2D eigenvalue weighted by Gasteiger charge is -1.90. The van der Waals surface area contributed by atoms with Crippen molar-refractivity contribution in [1.82, 2.24) is 0 Å². The van der Waals surface area contributed by atoms with Gasteiger partial charge in [0, 0.05) is 11.1 Å². The van der Waals surface area contributed by atoms with Crippen LogP contribution in [0.1, 0.15) is 18.1 Å². The molecule has 1 aromatic rings. The predicted molar refractivity (Wildman–Crippen MR) is 48.5 cm³/mol. The molecular weight excluding hydrogens is 134 g/mol. The number of hydrogen-bond donors (Lipinski definition) is 0. The highest BCUT2D eigenvalue weighted by Gasteiger charge is 2.08. The monoisotopic (exact) mass is 146 g/mol. The van der Waals surface area contributed by atoms with Crippen LogP contribution in [0.4, 0.5) is 5.69 Å². The number of hydrogen-bond acceptors (Lipinski definition) is 0. The molecule has 0 aliphatic carbocycles. The van der Waals surface area contributed by atoms with Gasteiger partial charge in [0.05, 0.1) is 6.92 Å². The number of benzene rings is 1. The highest BCUT2D eigenvalue weighted by molar-refractivity contribution is 5.58. The Hall–Kier alpha value is -1.29. The third-order valence-corrected chi connectivity index (χ3v) is 1.66. The Kier molecular flexibility index (Phi) is 2.28. The lowest BCUT2D eigenvalue weighted by molar-refractivity contribution is 1.40. The molecule has 1 nitrogen and oxygen atoms in total. The highest BCUT2D eigenvalue weighted by atomic mass is 14.7. The average Bonchev–Trinajstić information content (AvgIpc) is 1.97. The van der Waals surface area contributed by atoms with E-state index in [1.54, 1.807) is 0 Å². The molecule has 0 saturated carbocycles. The van der Waals surface area contributed by atoms with E-state index in [1.807, 2.05) is 13.0 Å². The Morgan fingerprint density at radius 2 is 1.73 bits per heavy atom. The van der Waals surface area contributed by atoms with E-state index in [0.717, 1.165) is 5.69 Å². The van der Waals surface area contributed by atoms with Crippen molar-refractivity contribution in [3.05, 3.63) is 34.2 Å². The molecule has 0 saturated heterocycles. The lowest BCUT2D eigenvalue weighted by Crippen LogP contribution is -1.76. The molecule has 56 valence electrons. The number of aryl methyl sites for hydroxylation is 2. The van der Waals surface area contributed by atoms with Crippen molar-refractivity contribution in [2.45, 2.75) is 20.8 Å². The van der Waals surface area contributed by atoms with Crippen LogP contribution < -0.4 is 0 Å². The molecule has 0 N–H and O–H groups in total. The summed E-state index contributed by atoms with van der Waals surface area (Å²) in [6, 6.07) is 8.95. The van der Waals surface area contributed by atoms with Crippen molar-refractivity contribution in [1.29, 1.82) is 0 Å². The maximum Gasteiger partial charge on any atom is 0.345 e. The molecule has 0 aliphatic rings. The van der Waals surface area contributed by atoms with Crippen molar-refractivity contribution in [3.8, 4) is 6.07 Å².